The molecular weight excluding hydrogens is 408 g/mol. The average molecular weight is 413 g/mol. The smallest absolute Gasteiger partial charge is 0 e. The maximum absolute atomic E-state index is 0. The van der Waals surface area contributed by atoms with Gasteiger partial charge in [-0.1, -0.05) is 0 Å². The third-order valence-electron chi connectivity index (χ3n) is 0. The zero-order chi connectivity index (χ0) is 0. The second kappa shape index (κ2) is 39.2. The Labute approximate surface area is 111 Å². The SMILES string of the molecule is S.S.[Ag].[Cd].[Ni].[Zn]. The van der Waals surface area contributed by atoms with Crippen LogP contribution in [0.4, 0.5) is 0 Å². The molecule has 0 unspecified atom stereocenters. The van der Waals surface area contributed by atoms with Gasteiger partial charge in [-0.25, -0.2) is 0 Å². The normalized spacial score (nSPS) is 0. The van der Waals surface area contributed by atoms with Gasteiger partial charge in [0, 0.05) is 85.6 Å². The van der Waals surface area contributed by atoms with E-state index in [-0.39, 0.29) is 113 Å². The van der Waals surface area contributed by atoms with Gasteiger partial charge >= 0.3 is 0 Å². The molecular formula is H4AgCdNiS2Zn. The van der Waals surface area contributed by atoms with Crippen molar-refractivity contribution in [1.29, 1.82) is 0 Å². The minimum atomic E-state index is 0. The molecule has 0 spiro atoms. The fourth-order valence-corrected chi connectivity index (χ4v) is 0. The van der Waals surface area contributed by atoms with Crippen molar-refractivity contribution < 1.29 is 85.6 Å². The molecule has 0 amide bonds. The second-order valence-corrected chi connectivity index (χ2v) is 0. The zero-order valence-electron chi connectivity index (χ0n) is 3.03. The van der Waals surface area contributed by atoms with Crippen LogP contribution in [0.1, 0.15) is 0 Å². The molecule has 0 rings (SSSR count). The van der Waals surface area contributed by atoms with E-state index in [9.17, 15) is 0 Å². The Morgan fingerprint density at radius 3 is 0.833 bits per heavy atom. The van der Waals surface area contributed by atoms with Crippen LogP contribution in [0, 0.1) is 0 Å². The Morgan fingerprint density at radius 1 is 0.833 bits per heavy atom. The quantitative estimate of drug-likeness (QED) is 0.500. The molecule has 0 nitrogen and oxygen atoms in total. The van der Waals surface area contributed by atoms with Gasteiger partial charge in [0.1, 0.15) is 0 Å². The van der Waals surface area contributed by atoms with Crippen LogP contribution in [-0.2, 0) is 85.6 Å². The summed E-state index contributed by atoms with van der Waals surface area (Å²) >= 11 is 0. The summed E-state index contributed by atoms with van der Waals surface area (Å²) in [5.74, 6) is 0. The average Bonchev–Trinajstić information content (AvgIpc) is 0. The Bertz CT molecular complexity index is 13.5. The van der Waals surface area contributed by atoms with Gasteiger partial charge in [0.05, 0.1) is 0 Å². The summed E-state index contributed by atoms with van der Waals surface area (Å²) in [7, 11) is 0. The Balaban J connectivity index is 0. The molecule has 1 radical (unpaired) electrons. The predicted molar refractivity (Wildman–Crippen MR) is 20.8 cm³/mol. The molecule has 0 fully saturated rings. The third kappa shape index (κ3) is 25.9. The van der Waals surface area contributed by atoms with Gasteiger partial charge in [-0.2, -0.15) is 27.0 Å². The fraction of sp³-hybridized carbons (Fsp3) is 0. The maximum atomic E-state index is 0. The van der Waals surface area contributed by atoms with Crippen LogP contribution in [-0.4, -0.2) is 0 Å². The summed E-state index contributed by atoms with van der Waals surface area (Å²) in [6.07, 6.45) is 0. The molecule has 0 aromatic carbocycles. The zero-order valence-corrected chi connectivity index (χ0v) is 14.5. The first-order chi connectivity index (χ1) is 0. The van der Waals surface area contributed by atoms with Crippen LogP contribution in [0.2, 0.25) is 0 Å². The molecule has 0 atom stereocenters. The van der Waals surface area contributed by atoms with Gasteiger partial charge in [0.15, 0.2) is 0 Å². The van der Waals surface area contributed by atoms with Gasteiger partial charge in [0.25, 0.3) is 0 Å². The molecule has 0 aromatic rings. The summed E-state index contributed by atoms with van der Waals surface area (Å²) in [5, 5.41) is 0. The van der Waals surface area contributed by atoms with E-state index in [1.54, 1.807) is 0 Å². The van der Waals surface area contributed by atoms with Crippen LogP contribution in [0.15, 0.2) is 0 Å². The standard InChI is InChI=1S/Ag.Cd.Ni.2H2S.Zn/h;;;2*1H2;. The molecule has 6 heteroatoms. The fourth-order valence-electron chi connectivity index (χ4n) is 0. The monoisotopic (exact) mass is 411 g/mol. The van der Waals surface area contributed by atoms with Crippen LogP contribution in [0.5, 0.6) is 0 Å². The van der Waals surface area contributed by atoms with E-state index >= 15 is 0 Å². The van der Waals surface area contributed by atoms with Gasteiger partial charge in [-0.3, -0.25) is 0 Å². The summed E-state index contributed by atoms with van der Waals surface area (Å²) < 4.78 is 0. The summed E-state index contributed by atoms with van der Waals surface area (Å²) in [4.78, 5) is 0. The van der Waals surface area contributed by atoms with Gasteiger partial charge in [-0.15, -0.1) is 0 Å². The molecule has 0 N–H and O–H groups in total. The molecule has 0 saturated carbocycles. The topological polar surface area (TPSA) is 0 Å². The number of rotatable bonds is 0. The van der Waals surface area contributed by atoms with Crippen molar-refractivity contribution in [1.82, 2.24) is 0 Å². The molecule has 0 aliphatic carbocycles. The molecule has 6 heavy (non-hydrogen) atoms. The van der Waals surface area contributed by atoms with Crippen molar-refractivity contribution in [2.24, 2.45) is 0 Å². The molecule has 0 saturated heterocycles. The van der Waals surface area contributed by atoms with E-state index in [0.29, 0.717) is 0 Å². The van der Waals surface area contributed by atoms with E-state index in [1.807, 2.05) is 0 Å². The van der Waals surface area contributed by atoms with Crippen LogP contribution in [0.3, 0.4) is 0 Å². The Morgan fingerprint density at radius 2 is 0.833 bits per heavy atom. The van der Waals surface area contributed by atoms with Crippen molar-refractivity contribution in [2.45, 2.75) is 0 Å². The molecule has 0 heterocycles. The largest absolute Gasteiger partial charge is 0.197 e. The van der Waals surface area contributed by atoms with Gasteiger partial charge < -0.3 is 0 Å². The minimum Gasteiger partial charge on any atom is -0.197 e. The molecule has 0 aliphatic heterocycles. The second-order valence-electron chi connectivity index (χ2n) is 0. The van der Waals surface area contributed by atoms with Crippen molar-refractivity contribution >= 4 is 27.0 Å². The molecule has 41 valence electrons. The maximum Gasteiger partial charge on any atom is 0 e. The first-order valence-electron chi connectivity index (χ1n) is 0. The number of hydrogen-bond donors (Lipinski definition) is 0. The molecule has 0 bridgehead atoms. The number of hydrogen-bond acceptors (Lipinski definition) is 0. The van der Waals surface area contributed by atoms with Crippen molar-refractivity contribution in [2.75, 3.05) is 0 Å². The third-order valence-corrected chi connectivity index (χ3v) is 0. The van der Waals surface area contributed by atoms with Crippen LogP contribution in [0.25, 0.3) is 0 Å². The minimum absolute atomic E-state index is 0. The summed E-state index contributed by atoms with van der Waals surface area (Å²) in [6, 6.07) is 0. The van der Waals surface area contributed by atoms with Crippen molar-refractivity contribution in [3.05, 3.63) is 0 Å². The van der Waals surface area contributed by atoms with Crippen LogP contribution >= 0.6 is 27.0 Å². The summed E-state index contributed by atoms with van der Waals surface area (Å²) in [6.45, 7) is 0. The van der Waals surface area contributed by atoms with E-state index in [2.05, 4.69) is 0 Å². The van der Waals surface area contributed by atoms with E-state index < -0.39 is 0 Å². The summed E-state index contributed by atoms with van der Waals surface area (Å²) in [5.41, 5.74) is 0. The Hall–Kier alpha value is 3.48. The first kappa shape index (κ1) is 56.3. The van der Waals surface area contributed by atoms with Gasteiger partial charge in [-0.05, 0) is 0 Å². The molecule has 0 aliphatic rings. The molecule has 0 aromatic heterocycles. The van der Waals surface area contributed by atoms with E-state index in [4.69, 9.17) is 0 Å². The van der Waals surface area contributed by atoms with Crippen molar-refractivity contribution in [3.63, 3.8) is 0 Å². The van der Waals surface area contributed by atoms with Gasteiger partial charge in [0.2, 0.25) is 0 Å². The predicted octanol–water partition coefficient (Wildman–Crippen LogP) is 0.216. The van der Waals surface area contributed by atoms with E-state index in [1.165, 1.54) is 0 Å². The van der Waals surface area contributed by atoms with E-state index in [0.717, 1.165) is 0 Å². The van der Waals surface area contributed by atoms with Crippen molar-refractivity contribution in [3.8, 4) is 0 Å². The first-order valence-corrected chi connectivity index (χ1v) is 0. The Kier molecular flexibility index (Phi) is 368. The van der Waals surface area contributed by atoms with Crippen LogP contribution < -0.4 is 0 Å².